The van der Waals surface area contributed by atoms with Gasteiger partial charge in [0.1, 0.15) is 5.75 Å². The number of hydrogen-bond donors (Lipinski definition) is 1. The van der Waals surface area contributed by atoms with Crippen LogP contribution in [0, 0.1) is 5.92 Å². The molecule has 4 heteroatoms. The number of benzene rings is 2. The summed E-state index contributed by atoms with van der Waals surface area (Å²) >= 11 is 12.8. The summed E-state index contributed by atoms with van der Waals surface area (Å²) in [6.45, 7) is 2.65. The van der Waals surface area contributed by atoms with Crippen LogP contribution in [0.2, 0.25) is 10.0 Å². The number of halogens is 2. The molecule has 1 aliphatic heterocycles. The summed E-state index contributed by atoms with van der Waals surface area (Å²) in [6.07, 6.45) is 5.61. The van der Waals surface area contributed by atoms with Gasteiger partial charge in [0, 0.05) is 5.92 Å². The van der Waals surface area contributed by atoms with Crippen molar-refractivity contribution in [2.45, 2.75) is 25.3 Å². The highest BCUT2D eigenvalue weighted by molar-refractivity contribution is 6.42. The lowest BCUT2D eigenvalue weighted by atomic mass is 9.77. The second-order valence-electron chi connectivity index (χ2n) is 6.27. The van der Waals surface area contributed by atoms with Gasteiger partial charge in [0.25, 0.3) is 0 Å². The van der Waals surface area contributed by atoms with E-state index in [2.05, 4.69) is 35.7 Å². The summed E-state index contributed by atoms with van der Waals surface area (Å²) in [5.41, 5.74) is 3.43. The second-order valence-corrected chi connectivity index (χ2v) is 7.06. The first kappa shape index (κ1) is 15.9. The fourth-order valence-electron chi connectivity index (χ4n) is 3.94. The molecule has 2 aromatic carbocycles. The van der Waals surface area contributed by atoms with Crippen molar-refractivity contribution in [1.29, 1.82) is 0 Å². The maximum Gasteiger partial charge on any atom is 0.142 e. The lowest BCUT2D eigenvalue weighted by molar-refractivity contribution is 0.337. The van der Waals surface area contributed by atoms with Gasteiger partial charge >= 0.3 is 0 Å². The van der Waals surface area contributed by atoms with Crippen molar-refractivity contribution < 1.29 is 4.74 Å². The van der Waals surface area contributed by atoms with Gasteiger partial charge in [-0.2, -0.15) is 0 Å². The van der Waals surface area contributed by atoms with Crippen LogP contribution in [0.25, 0.3) is 0 Å². The van der Waals surface area contributed by atoms with Gasteiger partial charge in [0.2, 0.25) is 0 Å². The largest absolute Gasteiger partial charge is 0.492 e. The molecular weight excluding hydrogens is 341 g/mol. The summed E-state index contributed by atoms with van der Waals surface area (Å²) < 4.78 is 5.85. The Balaban J connectivity index is 1.83. The molecule has 124 valence electrons. The lowest BCUT2D eigenvalue weighted by Gasteiger charge is -2.38. The summed E-state index contributed by atoms with van der Waals surface area (Å²) in [5, 5.41) is 4.94. The van der Waals surface area contributed by atoms with Gasteiger partial charge in [0.15, 0.2) is 0 Å². The summed E-state index contributed by atoms with van der Waals surface area (Å²) in [4.78, 5) is 0. The Morgan fingerprint density at radius 1 is 1.12 bits per heavy atom. The van der Waals surface area contributed by atoms with Crippen LogP contribution in [-0.4, -0.2) is 6.61 Å². The standard InChI is InChI=1S/C20H19Cl2NO/c1-2-24-17-11-5-8-14-12-6-3-7-13(12)19(23-20(14)17)15-9-4-10-16(21)18(15)22/h3-6,8-13,19,23H,2,7H2,1H3. The Kier molecular flexibility index (Phi) is 4.19. The number of ether oxygens (including phenoxy) is 1. The fraction of sp³-hybridized carbons (Fsp3) is 0.300. The van der Waals surface area contributed by atoms with E-state index >= 15 is 0 Å². The first-order valence-electron chi connectivity index (χ1n) is 8.33. The Morgan fingerprint density at radius 2 is 1.92 bits per heavy atom. The van der Waals surface area contributed by atoms with Crippen LogP contribution in [0.5, 0.6) is 5.75 Å². The van der Waals surface area contributed by atoms with Crippen LogP contribution in [0.3, 0.4) is 0 Å². The summed E-state index contributed by atoms with van der Waals surface area (Å²) in [7, 11) is 0. The SMILES string of the molecule is CCOc1cccc2c1NC(c1cccc(Cl)c1Cl)C1CC=CC21. The quantitative estimate of drug-likeness (QED) is 0.656. The van der Waals surface area contributed by atoms with E-state index in [4.69, 9.17) is 27.9 Å². The van der Waals surface area contributed by atoms with Crippen LogP contribution in [0.15, 0.2) is 48.6 Å². The van der Waals surface area contributed by atoms with Gasteiger partial charge in [-0.1, -0.05) is 59.6 Å². The van der Waals surface area contributed by atoms with Gasteiger partial charge in [-0.05, 0) is 42.5 Å². The normalized spacial score (nSPS) is 24.2. The fourth-order valence-corrected chi connectivity index (χ4v) is 4.36. The van der Waals surface area contributed by atoms with E-state index in [1.54, 1.807) is 0 Å². The molecule has 1 aliphatic carbocycles. The molecule has 2 nitrogen and oxygen atoms in total. The number of fused-ring (bicyclic) bond motifs is 3. The van der Waals surface area contributed by atoms with E-state index in [0.717, 1.165) is 23.4 Å². The third-order valence-electron chi connectivity index (χ3n) is 4.97. The number of allylic oxidation sites excluding steroid dienone is 2. The van der Waals surface area contributed by atoms with Crippen molar-refractivity contribution in [3.8, 4) is 5.75 Å². The van der Waals surface area contributed by atoms with E-state index in [1.165, 1.54) is 5.56 Å². The van der Waals surface area contributed by atoms with Crippen molar-refractivity contribution in [3.05, 3.63) is 69.7 Å². The van der Waals surface area contributed by atoms with Crippen molar-refractivity contribution in [2.24, 2.45) is 5.92 Å². The number of rotatable bonds is 3. The highest BCUT2D eigenvalue weighted by Crippen LogP contribution is 2.53. The molecule has 0 radical (unpaired) electrons. The predicted octanol–water partition coefficient (Wildman–Crippen LogP) is 6.22. The third-order valence-corrected chi connectivity index (χ3v) is 5.81. The minimum atomic E-state index is 0.116. The zero-order valence-corrected chi connectivity index (χ0v) is 14.9. The highest BCUT2D eigenvalue weighted by Gasteiger charge is 2.39. The Hall–Kier alpha value is -1.64. The average Bonchev–Trinajstić information content (AvgIpc) is 3.07. The van der Waals surface area contributed by atoms with Gasteiger partial charge in [-0.3, -0.25) is 0 Å². The van der Waals surface area contributed by atoms with Gasteiger partial charge < -0.3 is 10.1 Å². The van der Waals surface area contributed by atoms with Crippen LogP contribution < -0.4 is 10.1 Å². The Bertz CT molecular complexity index is 802. The second kappa shape index (κ2) is 6.34. The first-order chi connectivity index (χ1) is 11.7. The number of hydrogen-bond acceptors (Lipinski definition) is 2. The number of anilines is 1. The Morgan fingerprint density at radius 3 is 2.75 bits per heavy atom. The van der Waals surface area contributed by atoms with Crippen molar-refractivity contribution in [1.82, 2.24) is 0 Å². The zero-order valence-electron chi connectivity index (χ0n) is 13.4. The zero-order chi connectivity index (χ0) is 16.7. The van der Waals surface area contributed by atoms with E-state index in [-0.39, 0.29) is 6.04 Å². The molecular formula is C20H19Cl2NO. The van der Waals surface area contributed by atoms with E-state index in [0.29, 0.717) is 28.5 Å². The topological polar surface area (TPSA) is 21.3 Å². The van der Waals surface area contributed by atoms with Crippen molar-refractivity contribution in [2.75, 3.05) is 11.9 Å². The molecule has 0 bridgehead atoms. The molecule has 3 atom stereocenters. The average molecular weight is 360 g/mol. The Labute approximate surface area is 152 Å². The van der Waals surface area contributed by atoms with Crippen molar-refractivity contribution >= 4 is 28.9 Å². The summed E-state index contributed by atoms with van der Waals surface area (Å²) in [6, 6.07) is 12.3. The smallest absolute Gasteiger partial charge is 0.142 e. The van der Waals surface area contributed by atoms with Gasteiger partial charge in [-0.15, -0.1) is 0 Å². The molecule has 0 spiro atoms. The molecule has 0 saturated carbocycles. The molecule has 4 rings (SSSR count). The van der Waals surface area contributed by atoms with E-state index in [1.807, 2.05) is 25.1 Å². The number of nitrogens with one attached hydrogen (secondary N) is 1. The molecule has 2 aliphatic rings. The molecule has 0 saturated heterocycles. The molecule has 0 amide bonds. The van der Waals surface area contributed by atoms with E-state index in [9.17, 15) is 0 Å². The minimum Gasteiger partial charge on any atom is -0.492 e. The molecule has 1 N–H and O–H groups in total. The van der Waals surface area contributed by atoms with Crippen LogP contribution in [-0.2, 0) is 0 Å². The molecule has 1 heterocycles. The molecule has 0 fully saturated rings. The monoisotopic (exact) mass is 359 g/mol. The highest BCUT2D eigenvalue weighted by atomic mass is 35.5. The van der Waals surface area contributed by atoms with Crippen LogP contribution >= 0.6 is 23.2 Å². The lowest BCUT2D eigenvalue weighted by Crippen LogP contribution is -2.29. The van der Waals surface area contributed by atoms with Crippen LogP contribution in [0.1, 0.15) is 36.4 Å². The predicted molar refractivity (Wildman–Crippen MR) is 100 cm³/mol. The minimum absolute atomic E-state index is 0.116. The number of para-hydroxylation sites is 1. The van der Waals surface area contributed by atoms with Crippen molar-refractivity contribution in [3.63, 3.8) is 0 Å². The van der Waals surface area contributed by atoms with Crippen LogP contribution in [0.4, 0.5) is 5.69 Å². The summed E-state index contributed by atoms with van der Waals surface area (Å²) in [5.74, 6) is 1.71. The third kappa shape index (κ3) is 2.49. The first-order valence-corrected chi connectivity index (χ1v) is 9.09. The van der Waals surface area contributed by atoms with Gasteiger partial charge in [0.05, 0.1) is 28.4 Å². The van der Waals surface area contributed by atoms with E-state index < -0.39 is 0 Å². The molecule has 24 heavy (non-hydrogen) atoms. The van der Waals surface area contributed by atoms with Gasteiger partial charge in [-0.25, -0.2) is 0 Å². The maximum absolute atomic E-state index is 6.52. The molecule has 2 aromatic rings. The molecule has 0 aromatic heterocycles. The molecule has 3 unspecified atom stereocenters. The maximum atomic E-state index is 6.52.